The monoisotopic (exact) mass is 417 g/mol. The molecule has 31 heavy (non-hydrogen) atoms. The number of aryl methyl sites for hydroxylation is 1. The van der Waals surface area contributed by atoms with Crippen LogP contribution in [0.2, 0.25) is 0 Å². The molecule has 0 unspecified atom stereocenters. The number of nitrogens with one attached hydrogen (secondary N) is 1. The van der Waals surface area contributed by atoms with Crippen molar-refractivity contribution in [2.45, 2.75) is 33.2 Å². The number of aromatic nitrogens is 1. The van der Waals surface area contributed by atoms with Crippen molar-refractivity contribution in [2.75, 3.05) is 18.6 Å². The summed E-state index contributed by atoms with van der Waals surface area (Å²) >= 11 is 0. The van der Waals surface area contributed by atoms with Crippen molar-refractivity contribution in [3.8, 4) is 11.4 Å². The van der Waals surface area contributed by atoms with E-state index in [4.69, 9.17) is 4.74 Å². The van der Waals surface area contributed by atoms with E-state index in [9.17, 15) is 9.59 Å². The number of ether oxygens (including phenoxy) is 1. The highest BCUT2D eigenvalue weighted by molar-refractivity contribution is 5.96. The highest BCUT2D eigenvalue weighted by Crippen LogP contribution is 2.24. The SMILES string of the molecule is COc1ccc(-n2c(C)cc(C(=O)NCc3ccc(N4CCCC4=O)cc3)c2C)cc1. The third-order valence-electron chi connectivity index (χ3n) is 5.78. The highest BCUT2D eigenvalue weighted by atomic mass is 16.5. The fourth-order valence-electron chi connectivity index (χ4n) is 4.11. The molecule has 1 saturated heterocycles. The number of hydrogen-bond donors (Lipinski definition) is 1. The normalized spacial score (nSPS) is 13.5. The third-order valence-corrected chi connectivity index (χ3v) is 5.78. The molecule has 1 aromatic heterocycles. The Morgan fingerprint density at radius 2 is 1.71 bits per heavy atom. The predicted octanol–water partition coefficient (Wildman–Crippen LogP) is 4.16. The average molecular weight is 418 g/mol. The van der Waals surface area contributed by atoms with Crippen LogP contribution in [0.4, 0.5) is 5.69 Å². The largest absolute Gasteiger partial charge is 0.497 e. The number of methoxy groups -OCH3 is 1. The zero-order valence-corrected chi connectivity index (χ0v) is 18.1. The van der Waals surface area contributed by atoms with Crippen molar-refractivity contribution in [1.29, 1.82) is 0 Å². The molecule has 0 aliphatic carbocycles. The van der Waals surface area contributed by atoms with Crippen LogP contribution in [0.3, 0.4) is 0 Å². The predicted molar refractivity (Wildman–Crippen MR) is 121 cm³/mol. The van der Waals surface area contributed by atoms with Gasteiger partial charge in [-0.3, -0.25) is 9.59 Å². The number of benzene rings is 2. The van der Waals surface area contributed by atoms with Crippen molar-refractivity contribution < 1.29 is 14.3 Å². The summed E-state index contributed by atoms with van der Waals surface area (Å²) in [6, 6.07) is 17.5. The Kier molecular flexibility index (Phi) is 5.80. The van der Waals surface area contributed by atoms with E-state index in [1.807, 2.05) is 73.3 Å². The lowest BCUT2D eigenvalue weighted by Crippen LogP contribution is -2.24. The molecule has 6 nitrogen and oxygen atoms in total. The summed E-state index contributed by atoms with van der Waals surface area (Å²) in [4.78, 5) is 26.6. The number of carbonyl (C=O) groups is 2. The van der Waals surface area contributed by atoms with Gasteiger partial charge in [-0.2, -0.15) is 0 Å². The van der Waals surface area contributed by atoms with Crippen LogP contribution < -0.4 is 15.0 Å². The first-order valence-corrected chi connectivity index (χ1v) is 10.5. The van der Waals surface area contributed by atoms with Crippen LogP contribution in [-0.4, -0.2) is 30.0 Å². The molecular weight excluding hydrogens is 390 g/mol. The molecule has 160 valence electrons. The second-order valence-corrected chi connectivity index (χ2v) is 7.82. The maximum absolute atomic E-state index is 12.9. The summed E-state index contributed by atoms with van der Waals surface area (Å²) in [5.41, 5.74) is 5.44. The van der Waals surface area contributed by atoms with E-state index in [0.717, 1.165) is 47.0 Å². The molecule has 0 bridgehead atoms. The van der Waals surface area contributed by atoms with Crippen LogP contribution in [0.1, 0.15) is 40.2 Å². The first-order chi connectivity index (χ1) is 15.0. The van der Waals surface area contributed by atoms with Gasteiger partial charge in [-0.15, -0.1) is 0 Å². The summed E-state index contributed by atoms with van der Waals surface area (Å²) in [5.74, 6) is 0.865. The first-order valence-electron chi connectivity index (χ1n) is 10.5. The Morgan fingerprint density at radius 1 is 1.03 bits per heavy atom. The van der Waals surface area contributed by atoms with Gasteiger partial charge < -0.3 is 19.5 Å². The smallest absolute Gasteiger partial charge is 0.253 e. The Hall–Kier alpha value is -3.54. The number of amides is 2. The lowest BCUT2D eigenvalue weighted by Gasteiger charge is -2.16. The molecule has 6 heteroatoms. The van der Waals surface area contributed by atoms with Crippen LogP contribution in [0.15, 0.2) is 54.6 Å². The number of carbonyl (C=O) groups excluding carboxylic acids is 2. The van der Waals surface area contributed by atoms with Crippen LogP contribution in [-0.2, 0) is 11.3 Å². The molecule has 1 aliphatic rings. The van der Waals surface area contributed by atoms with Crippen molar-refractivity contribution in [1.82, 2.24) is 9.88 Å². The zero-order valence-electron chi connectivity index (χ0n) is 18.1. The molecule has 1 fully saturated rings. The van der Waals surface area contributed by atoms with Crippen molar-refractivity contribution >= 4 is 17.5 Å². The van der Waals surface area contributed by atoms with E-state index in [-0.39, 0.29) is 11.8 Å². The summed E-state index contributed by atoms with van der Waals surface area (Å²) in [7, 11) is 1.64. The van der Waals surface area contributed by atoms with Gasteiger partial charge in [0.05, 0.1) is 12.7 Å². The van der Waals surface area contributed by atoms with E-state index >= 15 is 0 Å². The standard InChI is InChI=1S/C25H27N3O3/c1-17-15-23(18(2)28(17)21-10-12-22(31-3)13-11-21)25(30)26-16-19-6-8-20(9-7-19)27-14-4-5-24(27)29/h6-13,15H,4-5,14,16H2,1-3H3,(H,26,30). The molecule has 1 aliphatic heterocycles. The lowest BCUT2D eigenvalue weighted by molar-refractivity contribution is -0.117. The molecule has 2 aromatic carbocycles. The number of anilines is 1. The number of rotatable bonds is 6. The molecule has 0 saturated carbocycles. The van der Waals surface area contributed by atoms with Gasteiger partial charge in [-0.05, 0) is 68.3 Å². The number of hydrogen-bond acceptors (Lipinski definition) is 3. The van der Waals surface area contributed by atoms with Crippen molar-refractivity contribution in [2.24, 2.45) is 0 Å². The maximum atomic E-state index is 12.9. The minimum Gasteiger partial charge on any atom is -0.497 e. The topological polar surface area (TPSA) is 63.6 Å². The van der Waals surface area contributed by atoms with Gasteiger partial charge in [0.15, 0.2) is 0 Å². The second-order valence-electron chi connectivity index (χ2n) is 7.82. The molecule has 0 spiro atoms. The molecule has 2 amide bonds. The Bertz CT molecular complexity index is 1100. The lowest BCUT2D eigenvalue weighted by atomic mass is 10.1. The van der Waals surface area contributed by atoms with Crippen LogP contribution in [0, 0.1) is 13.8 Å². The molecule has 3 aromatic rings. The van der Waals surface area contributed by atoms with Gasteiger partial charge in [0, 0.05) is 42.3 Å². The average Bonchev–Trinajstić information content (AvgIpc) is 3.35. The summed E-state index contributed by atoms with van der Waals surface area (Å²) in [6.07, 6.45) is 1.53. The van der Waals surface area contributed by atoms with Gasteiger partial charge in [0.2, 0.25) is 5.91 Å². The van der Waals surface area contributed by atoms with Gasteiger partial charge >= 0.3 is 0 Å². The number of nitrogens with zero attached hydrogens (tertiary/aromatic N) is 2. The summed E-state index contributed by atoms with van der Waals surface area (Å²) in [5, 5.41) is 3.01. The molecular formula is C25H27N3O3. The Balaban J connectivity index is 1.44. The molecule has 0 atom stereocenters. The van der Waals surface area contributed by atoms with Crippen LogP contribution in [0.5, 0.6) is 5.75 Å². The van der Waals surface area contributed by atoms with Gasteiger partial charge in [0.1, 0.15) is 5.75 Å². The Morgan fingerprint density at radius 3 is 2.32 bits per heavy atom. The summed E-state index contributed by atoms with van der Waals surface area (Å²) < 4.78 is 7.30. The fourth-order valence-corrected chi connectivity index (χ4v) is 4.11. The van der Waals surface area contributed by atoms with Gasteiger partial charge in [-0.1, -0.05) is 12.1 Å². The van der Waals surface area contributed by atoms with E-state index in [0.29, 0.717) is 18.5 Å². The summed E-state index contributed by atoms with van der Waals surface area (Å²) in [6.45, 7) is 5.15. The minimum absolute atomic E-state index is 0.105. The minimum atomic E-state index is -0.105. The van der Waals surface area contributed by atoms with Crippen molar-refractivity contribution in [3.63, 3.8) is 0 Å². The third kappa shape index (κ3) is 4.19. The molecule has 1 N–H and O–H groups in total. The second kappa shape index (κ2) is 8.68. The van der Waals surface area contributed by atoms with E-state index < -0.39 is 0 Å². The van der Waals surface area contributed by atoms with Crippen molar-refractivity contribution in [3.05, 3.63) is 77.1 Å². The van der Waals surface area contributed by atoms with Gasteiger partial charge in [-0.25, -0.2) is 0 Å². The molecule has 0 radical (unpaired) electrons. The van der Waals surface area contributed by atoms with E-state index in [2.05, 4.69) is 9.88 Å². The first kappa shape index (κ1) is 20.7. The Labute approximate surface area is 182 Å². The molecule has 4 rings (SSSR count). The van der Waals surface area contributed by atoms with E-state index in [1.54, 1.807) is 7.11 Å². The fraction of sp³-hybridized carbons (Fsp3) is 0.280. The molecule has 2 heterocycles. The van der Waals surface area contributed by atoms with E-state index in [1.165, 1.54) is 0 Å². The van der Waals surface area contributed by atoms with Gasteiger partial charge in [0.25, 0.3) is 5.91 Å². The highest BCUT2D eigenvalue weighted by Gasteiger charge is 2.21. The van der Waals surface area contributed by atoms with Crippen LogP contribution >= 0.6 is 0 Å². The zero-order chi connectivity index (χ0) is 22.0. The maximum Gasteiger partial charge on any atom is 0.253 e. The van der Waals surface area contributed by atoms with Crippen LogP contribution in [0.25, 0.3) is 5.69 Å². The quantitative estimate of drug-likeness (QED) is 0.655.